The highest BCUT2D eigenvalue weighted by Crippen LogP contribution is 2.29. The van der Waals surface area contributed by atoms with Gasteiger partial charge in [0, 0.05) is 24.3 Å². The average molecular weight is 235 g/mol. The van der Waals surface area contributed by atoms with Crippen molar-refractivity contribution in [2.24, 2.45) is 12.5 Å². The van der Waals surface area contributed by atoms with E-state index in [9.17, 15) is 0 Å². The van der Waals surface area contributed by atoms with Crippen LogP contribution in [0.4, 0.5) is 0 Å². The molecule has 1 aromatic heterocycles. The molecule has 96 valence electrons. The van der Waals surface area contributed by atoms with Crippen LogP contribution in [-0.2, 0) is 13.5 Å². The molecular formula is C14H25N3. The minimum absolute atomic E-state index is 0.416. The van der Waals surface area contributed by atoms with Crippen LogP contribution in [0.25, 0.3) is 0 Å². The van der Waals surface area contributed by atoms with E-state index in [0.717, 1.165) is 6.54 Å². The van der Waals surface area contributed by atoms with Gasteiger partial charge in [0.2, 0.25) is 0 Å². The number of aryl methyl sites for hydroxylation is 1. The average Bonchev–Trinajstić information content (AvgIpc) is 2.60. The second-order valence-corrected chi connectivity index (χ2v) is 6.38. The van der Waals surface area contributed by atoms with E-state index in [-0.39, 0.29) is 0 Å². The van der Waals surface area contributed by atoms with E-state index in [4.69, 9.17) is 0 Å². The third kappa shape index (κ3) is 3.09. The molecule has 0 spiro atoms. The zero-order valence-corrected chi connectivity index (χ0v) is 11.6. The van der Waals surface area contributed by atoms with E-state index in [2.05, 4.69) is 38.2 Å². The summed E-state index contributed by atoms with van der Waals surface area (Å²) in [7, 11) is 2.05. The third-order valence-corrected chi connectivity index (χ3v) is 3.64. The summed E-state index contributed by atoms with van der Waals surface area (Å²) in [4.78, 5) is 0. The predicted molar refractivity (Wildman–Crippen MR) is 71.0 cm³/mol. The van der Waals surface area contributed by atoms with Crippen molar-refractivity contribution in [1.82, 2.24) is 15.1 Å². The van der Waals surface area contributed by atoms with Gasteiger partial charge in [-0.15, -0.1) is 0 Å². The number of nitrogens with zero attached hydrogens (tertiary/aromatic N) is 2. The first-order valence-electron chi connectivity index (χ1n) is 6.71. The Bertz CT molecular complexity index is 373. The smallest absolute Gasteiger partial charge is 0.0540 e. The van der Waals surface area contributed by atoms with Gasteiger partial charge in [0.25, 0.3) is 0 Å². The third-order valence-electron chi connectivity index (χ3n) is 3.64. The Morgan fingerprint density at radius 2 is 2.24 bits per heavy atom. The van der Waals surface area contributed by atoms with Crippen LogP contribution in [0, 0.1) is 5.41 Å². The molecule has 1 aromatic rings. The van der Waals surface area contributed by atoms with Gasteiger partial charge >= 0.3 is 0 Å². The SMILES string of the molecule is Cn1ncc2c1CCCC2NCCC(C)(C)C. The highest BCUT2D eigenvalue weighted by Gasteiger charge is 2.23. The molecule has 0 amide bonds. The molecule has 0 aliphatic heterocycles. The molecule has 0 bridgehead atoms. The molecule has 0 saturated heterocycles. The molecule has 0 radical (unpaired) electrons. The van der Waals surface area contributed by atoms with E-state index in [1.165, 1.54) is 36.9 Å². The summed E-state index contributed by atoms with van der Waals surface area (Å²) >= 11 is 0. The van der Waals surface area contributed by atoms with Gasteiger partial charge in [-0.2, -0.15) is 5.10 Å². The van der Waals surface area contributed by atoms with E-state index >= 15 is 0 Å². The fraction of sp³-hybridized carbons (Fsp3) is 0.786. The number of fused-ring (bicyclic) bond motifs is 1. The fourth-order valence-electron chi connectivity index (χ4n) is 2.54. The molecule has 1 aliphatic rings. The summed E-state index contributed by atoms with van der Waals surface area (Å²) in [6, 6.07) is 0.523. The van der Waals surface area contributed by atoms with Crippen molar-refractivity contribution >= 4 is 0 Å². The lowest BCUT2D eigenvalue weighted by Crippen LogP contribution is -2.28. The molecule has 2 rings (SSSR count). The van der Waals surface area contributed by atoms with Gasteiger partial charge in [-0.25, -0.2) is 0 Å². The number of aromatic nitrogens is 2. The van der Waals surface area contributed by atoms with Crippen LogP contribution < -0.4 is 5.32 Å². The molecule has 3 nitrogen and oxygen atoms in total. The molecule has 1 unspecified atom stereocenters. The van der Waals surface area contributed by atoms with Crippen molar-refractivity contribution in [3.63, 3.8) is 0 Å². The Hall–Kier alpha value is -0.830. The zero-order chi connectivity index (χ0) is 12.5. The Balaban J connectivity index is 1.95. The van der Waals surface area contributed by atoms with Gasteiger partial charge in [0.05, 0.1) is 6.20 Å². The van der Waals surface area contributed by atoms with Crippen LogP contribution in [0.2, 0.25) is 0 Å². The van der Waals surface area contributed by atoms with Crippen molar-refractivity contribution in [2.45, 2.75) is 52.5 Å². The molecule has 1 N–H and O–H groups in total. The summed E-state index contributed by atoms with van der Waals surface area (Å²) in [6.07, 6.45) is 6.98. The maximum absolute atomic E-state index is 4.38. The van der Waals surface area contributed by atoms with Gasteiger partial charge in [-0.05, 0) is 37.6 Å². The monoisotopic (exact) mass is 235 g/mol. The van der Waals surface area contributed by atoms with Gasteiger partial charge in [0.15, 0.2) is 0 Å². The van der Waals surface area contributed by atoms with Gasteiger partial charge < -0.3 is 5.32 Å². The number of hydrogen-bond acceptors (Lipinski definition) is 2. The standard InChI is InChI=1S/C14H25N3/c1-14(2,3)8-9-15-12-6-5-7-13-11(12)10-16-17(13)4/h10,12,15H,5-9H2,1-4H3. The lowest BCUT2D eigenvalue weighted by molar-refractivity contribution is 0.345. The Kier molecular flexibility index (Phi) is 3.57. The minimum atomic E-state index is 0.416. The first-order valence-corrected chi connectivity index (χ1v) is 6.71. The molecular weight excluding hydrogens is 210 g/mol. The lowest BCUT2D eigenvalue weighted by Gasteiger charge is -2.26. The molecule has 0 fully saturated rings. The lowest BCUT2D eigenvalue weighted by atomic mass is 9.90. The normalized spacial score (nSPS) is 20.4. The molecule has 0 aromatic carbocycles. The molecule has 0 saturated carbocycles. The van der Waals surface area contributed by atoms with Gasteiger partial charge in [0.1, 0.15) is 0 Å². The van der Waals surface area contributed by atoms with E-state index < -0.39 is 0 Å². The summed E-state index contributed by atoms with van der Waals surface area (Å²) in [6.45, 7) is 7.99. The van der Waals surface area contributed by atoms with Crippen LogP contribution in [0.5, 0.6) is 0 Å². The zero-order valence-electron chi connectivity index (χ0n) is 11.6. The summed E-state index contributed by atoms with van der Waals surface area (Å²) < 4.78 is 2.03. The quantitative estimate of drug-likeness (QED) is 0.873. The molecule has 1 heterocycles. The van der Waals surface area contributed by atoms with E-state index in [1.54, 1.807) is 0 Å². The summed E-state index contributed by atoms with van der Waals surface area (Å²) in [5, 5.41) is 8.08. The number of hydrogen-bond donors (Lipinski definition) is 1. The highest BCUT2D eigenvalue weighted by molar-refractivity contribution is 5.24. The van der Waals surface area contributed by atoms with Crippen LogP contribution in [0.1, 0.15) is 57.3 Å². The molecule has 1 aliphatic carbocycles. The molecule has 1 atom stereocenters. The van der Waals surface area contributed by atoms with Crippen LogP contribution in [-0.4, -0.2) is 16.3 Å². The largest absolute Gasteiger partial charge is 0.310 e. The minimum Gasteiger partial charge on any atom is -0.310 e. The highest BCUT2D eigenvalue weighted by atomic mass is 15.3. The van der Waals surface area contributed by atoms with Gasteiger partial charge in [-0.1, -0.05) is 20.8 Å². The fourth-order valence-corrected chi connectivity index (χ4v) is 2.54. The Morgan fingerprint density at radius 3 is 2.94 bits per heavy atom. The Labute approximate surface area is 105 Å². The number of rotatable bonds is 3. The van der Waals surface area contributed by atoms with Gasteiger partial charge in [-0.3, -0.25) is 4.68 Å². The Morgan fingerprint density at radius 1 is 1.47 bits per heavy atom. The van der Waals surface area contributed by atoms with Crippen molar-refractivity contribution in [1.29, 1.82) is 0 Å². The summed E-state index contributed by atoms with van der Waals surface area (Å²) in [5.74, 6) is 0. The first kappa shape index (κ1) is 12.6. The second kappa shape index (κ2) is 4.81. The second-order valence-electron chi connectivity index (χ2n) is 6.38. The van der Waals surface area contributed by atoms with Crippen molar-refractivity contribution in [3.05, 3.63) is 17.5 Å². The van der Waals surface area contributed by atoms with Crippen LogP contribution in [0.3, 0.4) is 0 Å². The maximum atomic E-state index is 4.38. The molecule has 17 heavy (non-hydrogen) atoms. The van der Waals surface area contributed by atoms with Crippen LogP contribution in [0.15, 0.2) is 6.20 Å². The topological polar surface area (TPSA) is 29.9 Å². The van der Waals surface area contributed by atoms with Crippen molar-refractivity contribution in [3.8, 4) is 0 Å². The van der Waals surface area contributed by atoms with E-state index in [0.29, 0.717) is 11.5 Å². The molecule has 3 heteroatoms. The van der Waals surface area contributed by atoms with E-state index in [1.807, 2.05) is 10.9 Å². The maximum Gasteiger partial charge on any atom is 0.0540 e. The van der Waals surface area contributed by atoms with Crippen molar-refractivity contribution in [2.75, 3.05) is 6.54 Å². The predicted octanol–water partition coefficient (Wildman–Crippen LogP) is 2.82. The van der Waals surface area contributed by atoms with Crippen LogP contribution >= 0.6 is 0 Å². The van der Waals surface area contributed by atoms with Crippen molar-refractivity contribution < 1.29 is 0 Å². The number of nitrogens with one attached hydrogen (secondary N) is 1. The first-order chi connectivity index (χ1) is 7.97. The summed E-state index contributed by atoms with van der Waals surface area (Å²) in [5.41, 5.74) is 3.26.